The first-order chi connectivity index (χ1) is 24.1. The summed E-state index contributed by atoms with van der Waals surface area (Å²) in [5, 5.41) is 50.6. The number of hydrogen-bond acceptors (Lipinski definition) is 12. The molecule has 13 nitrogen and oxygen atoms in total. The third kappa shape index (κ3) is 16.5. The molecule has 0 heterocycles. The molecule has 2 aromatic rings. The zero-order valence-corrected chi connectivity index (χ0v) is 28.5. The van der Waals surface area contributed by atoms with Crippen molar-refractivity contribution in [2.75, 3.05) is 19.8 Å². The van der Waals surface area contributed by atoms with Crippen LogP contribution in [0.3, 0.4) is 0 Å². The minimum Gasteiger partial charge on any atom is -0.425 e. The normalized spacial score (nSPS) is 19.6. The highest BCUT2D eigenvalue weighted by atomic mass is 17.1. The summed E-state index contributed by atoms with van der Waals surface area (Å²) in [5.41, 5.74) is 1.95. The van der Waals surface area contributed by atoms with Crippen LogP contribution < -0.4 is 10.1 Å². The number of allylic oxidation sites excluding steroid dienone is 2. The van der Waals surface area contributed by atoms with E-state index in [-0.39, 0.29) is 62.7 Å². The summed E-state index contributed by atoms with van der Waals surface area (Å²) >= 11 is 0. The van der Waals surface area contributed by atoms with Crippen molar-refractivity contribution in [3.05, 3.63) is 77.9 Å². The number of ether oxygens (including phenoxy) is 2. The minimum atomic E-state index is -0.613. The van der Waals surface area contributed by atoms with Gasteiger partial charge in [0.05, 0.1) is 36.9 Å². The maximum Gasteiger partial charge on any atom is 0.330 e. The van der Waals surface area contributed by atoms with Crippen LogP contribution in [0.25, 0.3) is 0 Å². The van der Waals surface area contributed by atoms with Crippen LogP contribution >= 0.6 is 0 Å². The molecule has 0 radical (unpaired) electrons. The van der Waals surface area contributed by atoms with Crippen LogP contribution in [0, 0.1) is 11.8 Å². The molecule has 0 aliphatic heterocycles. The summed E-state index contributed by atoms with van der Waals surface area (Å²) in [7, 11) is 0. The van der Waals surface area contributed by atoms with Gasteiger partial charge in [-0.05, 0) is 92.9 Å². The Morgan fingerprint density at radius 2 is 1.64 bits per heavy atom. The number of unbranched alkanes of at least 4 members (excludes halogenated alkanes) is 1. The Bertz CT molecular complexity index is 1310. The van der Waals surface area contributed by atoms with Gasteiger partial charge in [0.25, 0.3) is 0 Å². The zero-order chi connectivity index (χ0) is 36.1. The first-order valence-electron chi connectivity index (χ1n) is 17.3. The van der Waals surface area contributed by atoms with Gasteiger partial charge in [0, 0.05) is 12.8 Å². The molecule has 3 rings (SSSR count). The summed E-state index contributed by atoms with van der Waals surface area (Å²) in [6, 6.07) is 16.6. The van der Waals surface area contributed by atoms with E-state index in [9.17, 15) is 29.7 Å². The molecule has 13 heteroatoms. The van der Waals surface area contributed by atoms with E-state index in [2.05, 4.69) is 10.2 Å². The highest BCUT2D eigenvalue weighted by Crippen LogP contribution is 2.38. The van der Waals surface area contributed by atoms with Crippen LogP contribution in [0.1, 0.15) is 75.3 Å². The van der Waals surface area contributed by atoms with Gasteiger partial charge < -0.3 is 30.1 Å². The fourth-order valence-corrected chi connectivity index (χ4v) is 6.02. The smallest absolute Gasteiger partial charge is 0.330 e. The number of benzene rings is 2. The number of carbonyl (C=O) groups is 3. The molecule has 2 aromatic carbocycles. The lowest BCUT2D eigenvalue weighted by atomic mass is 9.85. The Kier molecular flexibility index (Phi) is 18.8. The second-order valence-corrected chi connectivity index (χ2v) is 12.7. The van der Waals surface area contributed by atoms with E-state index >= 15 is 0 Å². The molecule has 6 N–H and O–H groups in total. The van der Waals surface area contributed by atoms with Crippen LogP contribution in [0.4, 0.5) is 0 Å². The predicted octanol–water partition coefficient (Wildman–Crippen LogP) is 3.83. The lowest BCUT2D eigenvalue weighted by Gasteiger charge is -2.23. The molecule has 0 saturated heterocycles. The molecule has 1 fully saturated rings. The van der Waals surface area contributed by atoms with Crippen LogP contribution in [-0.4, -0.2) is 86.9 Å². The average molecular weight is 701 g/mol. The molecule has 0 aromatic heterocycles. The molecular formula is C37H52N2O11. The molecule has 1 aliphatic carbocycles. The van der Waals surface area contributed by atoms with Crippen molar-refractivity contribution in [3.8, 4) is 5.75 Å². The van der Waals surface area contributed by atoms with Crippen molar-refractivity contribution in [1.29, 1.82) is 0 Å². The number of aliphatic hydroxyl groups is 3. The third-order valence-corrected chi connectivity index (χ3v) is 8.74. The number of hydrogen-bond donors (Lipinski definition) is 6. The maximum absolute atomic E-state index is 12.2. The highest BCUT2D eigenvalue weighted by molar-refractivity contribution is 5.82. The Balaban J connectivity index is 1.24. The SMILES string of the molecule is O=C(CCCON(O)O)COCc1ccc(OC(=O)CNC(=O)CCC/C=C\C[C@@H]2[C@@H](CC[C@@H](O)CCc3ccccc3)[C@H](O)C[C@@H]2O)cc1. The first-order valence-corrected chi connectivity index (χ1v) is 17.3. The van der Waals surface area contributed by atoms with E-state index in [1.54, 1.807) is 24.3 Å². The number of esters is 1. The van der Waals surface area contributed by atoms with Gasteiger partial charge in [0.1, 0.15) is 18.9 Å². The fourth-order valence-electron chi connectivity index (χ4n) is 6.02. The Labute approximate surface area is 293 Å². The molecule has 0 bridgehead atoms. The fraction of sp³-hybridized carbons (Fsp3) is 0.541. The van der Waals surface area contributed by atoms with E-state index in [0.717, 1.165) is 12.0 Å². The molecule has 50 heavy (non-hydrogen) atoms. The second-order valence-electron chi connectivity index (χ2n) is 12.7. The van der Waals surface area contributed by atoms with Crippen LogP contribution in [-0.2, 0) is 37.0 Å². The Morgan fingerprint density at radius 3 is 2.38 bits per heavy atom. The lowest BCUT2D eigenvalue weighted by Crippen LogP contribution is -2.31. The highest BCUT2D eigenvalue weighted by Gasteiger charge is 2.40. The van der Waals surface area contributed by atoms with Gasteiger partial charge in [-0.15, -0.1) is 0 Å². The largest absolute Gasteiger partial charge is 0.425 e. The van der Waals surface area contributed by atoms with Gasteiger partial charge in [-0.25, -0.2) is 4.79 Å². The molecule has 0 spiro atoms. The van der Waals surface area contributed by atoms with Gasteiger partial charge in [-0.3, -0.25) is 24.8 Å². The second kappa shape index (κ2) is 23.0. The number of nitrogens with zero attached hydrogens (tertiary/aromatic N) is 1. The molecule has 1 saturated carbocycles. The van der Waals surface area contributed by atoms with Crippen LogP contribution in [0.2, 0.25) is 0 Å². The zero-order valence-electron chi connectivity index (χ0n) is 28.5. The van der Waals surface area contributed by atoms with E-state index in [1.165, 1.54) is 5.56 Å². The number of carbonyl (C=O) groups excluding carboxylic acids is 3. The number of aryl methyl sites for hydroxylation is 1. The summed E-state index contributed by atoms with van der Waals surface area (Å²) < 4.78 is 10.6. The summed E-state index contributed by atoms with van der Waals surface area (Å²) in [6.45, 7) is -0.220. The topological polar surface area (TPSA) is 195 Å². The number of Topliss-reactive ketones (excluding diaryl/α,β-unsaturated/α-hetero) is 1. The number of amides is 1. The van der Waals surface area contributed by atoms with Crippen molar-refractivity contribution in [2.45, 2.75) is 95.5 Å². The van der Waals surface area contributed by atoms with Gasteiger partial charge in [-0.1, -0.05) is 54.6 Å². The van der Waals surface area contributed by atoms with Crippen molar-refractivity contribution in [1.82, 2.24) is 10.7 Å². The average Bonchev–Trinajstić information content (AvgIpc) is 3.37. The van der Waals surface area contributed by atoms with E-state index < -0.39 is 29.7 Å². The van der Waals surface area contributed by atoms with Gasteiger partial charge in [-0.2, -0.15) is 0 Å². The summed E-state index contributed by atoms with van der Waals surface area (Å²) in [4.78, 5) is 40.6. The van der Waals surface area contributed by atoms with Crippen LogP contribution in [0.15, 0.2) is 66.7 Å². The van der Waals surface area contributed by atoms with E-state index in [0.29, 0.717) is 57.1 Å². The Morgan fingerprint density at radius 1 is 0.900 bits per heavy atom. The van der Waals surface area contributed by atoms with E-state index in [1.807, 2.05) is 42.5 Å². The van der Waals surface area contributed by atoms with Crippen LogP contribution in [0.5, 0.6) is 5.75 Å². The van der Waals surface area contributed by atoms with E-state index in [4.69, 9.17) is 19.9 Å². The van der Waals surface area contributed by atoms with Crippen molar-refractivity contribution in [2.24, 2.45) is 11.8 Å². The van der Waals surface area contributed by atoms with Gasteiger partial charge in [0.15, 0.2) is 5.78 Å². The van der Waals surface area contributed by atoms with Gasteiger partial charge >= 0.3 is 5.97 Å². The number of aliphatic hydroxyl groups excluding tert-OH is 3. The first kappa shape index (κ1) is 40.9. The maximum atomic E-state index is 12.2. The minimum absolute atomic E-state index is 0.0207. The quantitative estimate of drug-likeness (QED) is 0.0305. The molecular weight excluding hydrogens is 648 g/mol. The van der Waals surface area contributed by atoms with Crippen molar-refractivity contribution >= 4 is 17.7 Å². The predicted molar refractivity (Wildman–Crippen MR) is 182 cm³/mol. The monoisotopic (exact) mass is 700 g/mol. The number of rotatable bonds is 24. The standard InChI is InChI=1S/C37H52N2O11/c40-29(17-14-27-9-4-3-5-10-27)18-21-33-32(34(42)23-35(33)43)12-6-1-2-7-13-36(44)38-24-37(45)50-31-19-15-28(16-20-31)25-48-26-30(41)11-8-22-49-39(46)47/h1,3-6,9-10,15-16,19-20,29,32-35,40,42-43,46-47H,2,7-8,11-14,17-18,21-26H2,(H,38,44)/b6-1-/t29-,32+,33+,34-,35+/m0/s1. The van der Waals surface area contributed by atoms with Gasteiger partial charge in [0.2, 0.25) is 5.91 Å². The summed E-state index contributed by atoms with van der Waals surface area (Å²) in [6.07, 6.45) is 7.91. The molecule has 1 aliphatic rings. The number of nitrogens with one attached hydrogen (secondary N) is 1. The third-order valence-electron chi connectivity index (χ3n) is 8.74. The summed E-state index contributed by atoms with van der Waals surface area (Å²) in [5.74, 6) is -0.893. The molecule has 0 unspecified atom stereocenters. The lowest BCUT2D eigenvalue weighted by molar-refractivity contribution is -0.492. The molecule has 276 valence electrons. The molecule has 1 amide bonds. The van der Waals surface area contributed by atoms with Crippen molar-refractivity contribution in [3.63, 3.8) is 0 Å². The number of ketones is 1. The van der Waals surface area contributed by atoms with Crippen molar-refractivity contribution < 1.29 is 54.4 Å². The molecule has 5 atom stereocenters. The Hall–Kier alpha value is -3.53.